The van der Waals surface area contributed by atoms with Gasteiger partial charge < -0.3 is 51.1 Å². The molecule has 34 heavy (non-hydrogen) atoms. The summed E-state index contributed by atoms with van der Waals surface area (Å²) in [5.41, 5.74) is -5.48. The summed E-state index contributed by atoms with van der Waals surface area (Å²) >= 11 is 0. The smallest absolute Gasteiger partial charge is 0.336 e. The van der Waals surface area contributed by atoms with E-state index in [-0.39, 0.29) is 12.8 Å². The fraction of sp³-hybridized carbons (Fsp3) is 0.500. The van der Waals surface area contributed by atoms with Crippen LogP contribution < -0.4 is 0 Å². The monoisotopic (exact) mass is 502 g/mol. The average Bonchev–Trinajstić information content (AvgIpc) is 2.57. The van der Waals surface area contributed by atoms with E-state index in [9.17, 15) is 38.4 Å². The fourth-order valence-corrected chi connectivity index (χ4v) is 1.64. The first kappa shape index (κ1) is 34.3. The lowest BCUT2D eigenvalue weighted by atomic mass is 9.96. The average molecular weight is 502 g/mol. The molecular formula is C16H22O18. The molecule has 0 saturated heterocycles. The standard InChI is InChI=1S/2C6H8O7.C4H6O4/c2*7-3(8)1-6(13,5(11)12)2-4(9)10;5-3(6)1-2-4(7)8/h2*13H,1-2H2,(H,7,8)(H,9,10)(H,11,12);1-2H2,(H,5,6)(H,7,8). The van der Waals surface area contributed by atoms with Gasteiger partial charge in [0.25, 0.3) is 0 Å². The molecule has 0 heterocycles. The minimum absolute atomic E-state index is 0.296. The summed E-state index contributed by atoms with van der Waals surface area (Å²) in [5, 5.41) is 83.4. The third-order valence-electron chi connectivity index (χ3n) is 3.12. The first-order chi connectivity index (χ1) is 15.2. The molecule has 0 fully saturated rings. The second-order valence-corrected chi connectivity index (χ2v) is 6.24. The molecule has 0 amide bonds. The van der Waals surface area contributed by atoms with Crippen molar-refractivity contribution < 1.29 is 89.4 Å². The minimum Gasteiger partial charge on any atom is -0.481 e. The van der Waals surface area contributed by atoms with Gasteiger partial charge in [-0.1, -0.05) is 0 Å². The van der Waals surface area contributed by atoms with Gasteiger partial charge in [0.15, 0.2) is 11.2 Å². The van der Waals surface area contributed by atoms with Crippen molar-refractivity contribution >= 4 is 47.8 Å². The molecule has 0 saturated carbocycles. The largest absolute Gasteiger partial charge is 0.481 e. The van der Waals surface area contributed by atoms with E-state index in [1.165, 1.54) is 0 Å². The normalized spacial score (nSPS) is 10.3. The third kappa shape index (κ3) is 18.4. The number of carbonyl (C=O) groups is 8. The van der Waals surface area contributed by atoms with Gasteiger partial charge in [-0.25, -0.2) is 9.59 Å². The van der Waals surface area contributed by atoms with Gasteiger partial charge in [-0.3, -0.25) is 28.8 Å². The van der Waals surface area contributed by atoms with Gasteiger partial charge in [-0.05, 0) is 0 Å². The van der Waals surface area contributed by atoms with Crippen molar-refractivity contribution in [3.63, 3.8) is 0 Å². The van der Waals surface area contributed by atoms with Crippen LogP contribution in [0.25, 0.3) is 0 Å². The SMILES string of the molecule is O=C(O)CC(O)(CC(=O)O)C(=O)O.O=C(O)CC(O)(CC(=O)O)C(=O)O.O=C(O)CCC(=O)O. The van der Waals surface area contributed by atoms with Crippen molar-refractivity contribution in [3.05, 3.63) is 0 Å². The van der Waals surface area contributed by atoms with Crippen molar-refractivity contribution in [3.8, 4) is 0 Å². The molecule has 0 spiro atoms. The fourth-order valence-electron chi connectivity index (χ4n) is 1.64. The highest BCUT2D eigenvalue weighted by molar-refractivity contribution is 5.88. The Morgan fingerprint density at radius 3 is 0.647 bits per heavy atom. The van der Waals surface area contributed by atoms with Crippen LogP contribution in [-0.2, 0) is 38.4 Å². The molecular weight excluding hydrogens is 480 g/mol. The molecule has 0 aromatic rings. The summed E-state index contributed by atoms with van der Waals surface area (Å²) < 4.78 is 0. The Bertz CT molecular complexity index is 698. The lowest BCUT2D eigenvalue weighted by Crippen LogP contribution is -2.42. The quantitative estimate of drug-likeness (QED) is 0.124. The molecule has 18 nitrogen and oxygen atoms in total. The molecule has 0 aromatic carbocycles. The van der Waals surface area contributed by atoms with E-state index in [0.29, 0.717) is 0 Å². The van der Waals surface area contributed by atoms with Crippen LogP contribution in [0, 0.1) is 0 Å². The summed E-state index contributed by atoms with van der Waals surface area (Å²) in [6.45, 7) is 0. The maximum Gasteiger partial charge on any atom is 0.336 e. The van der Waals surface area contributed by atoms with E-state index in [1.54, 1.807) is 0 Å². The summed E-state index contributed by atoms with van der Waals surface area (Å²) in [5.74, 6) is -12.2. The van der Waals surface area contributed by atoms with Crippen LogP contribution >= 0.6 is 0 Å². The van der Waals surface area contributed by atoms with Crippen molar-refractivity contribution in [2.75, 3.05) is 0 Å². The van der Waals surface area contributed by atoms with Crippen LogP contribution in [0.15, 0.2) is 0 Å². The van der Waals surface area contributed by atoms with Crippen LogP contribution in [0.3, 0.4) is 0 Å². The van der Waals surface area contributed by atoms with E-state index in [1.807, 2.05) is 0 Å². The van der Waals surface area contributed by atoms with Gasteiger partial charge in [0, 0.05) is 0 Å². The first-order valence-corrected chi connectivity index (χ1v) is 8.40. The van der Waals surface area contributed by atoms with Gasteiger partial charge in [-0.2, -0.15) is 0 Å². The molecule has 0 aliphatic carbocycles. The Morgan fingerprint density at radius 2 is 0.559 bits per heavy atom. The zero-order valence-corrected chi connectivity index (χ0v) is 17.0. The molecule has 0 aliphatic rings. The summed E-state index contributed by atoms with van der Waals surface area (Å²) in [6.07, 6.45) is -5.17. The highest BCUT2D eigenvalue weighted by Crippen LogP contribution is 2.16. The molecule has 0 aromatic heterocycles. The van der Waals surface area contributed by atoms with E-state index in [2.05, 4.69) is 0 Å². The zero-order chi connectivity index (χ0) is 27.9. The van der Waals surface area contributed by atoms with E-state index in [4.69, 9.17) is 51.1 Å². The number of aliphatic hydroxyl groups is 2. The number of hydrogen-bond acceptors (Lipinski definition) is 10. The lowest BCUT2D eigenvalue weighted by molar-refractivity contribution is -0.170. The lowest BCUT2D eigenvalue weighted by Gasteiger charge is -2.18. The van der Waals surface area contributed by atoms with Crippen LogP contribution in [0.4, 0.5) is 0 Å². The Balaban J connectivity index is -0.000000438. The number of carboxylic acids is 8. The second-order valence-electron chi connectivity index (χ2n) is 6.24. The van der Waals surface area contributed by atoms with Crippen LogP contribution in [-0.4, -0.2) is 110 Å². The molecule has 0 aliphatic heterocycles. The van der Waals surface area contributed by atoms with E-state index in [0.717, 1.165) is 0 Å². The van der Waals surface area contributed by atoms with Crippen molar-refractivity contribution in [2.45, 2.75) is 49.7 Å². The highest BCUT2D eigenvalue weighted by Gasteiger charge is 2.41. The molecule has 0 unspecified atom stereocenters. The van der Waals surface area contributed by atoms with Gasteiger partial charge in [0.2, 0.25) is 0 Å². The van der Waals surface area contributed by atoms with Gasteiger partial charge >= 0.3 is 47.8 Å². The van der Waals surface area contributed by atoms with Crippen molar-refractivity contribution in [1.82, 2.24) is 0 Å². The molecule has 0 rings (SSSR count). The molecule has 10 N–H and O–H groups in total. The van der Waals surface area contributed by atoms with E-state index >= 15 is 0 Å². The van der Waals surface area contributed by atoms with Crippen molar-refractivity contribution in [1.29, 1.82) is 0 Å². The zero-order valence-electron chi connectivity index (χ0n) is 17.0. The predicted octanol–water partition coefficient (Wildman–Crippen LogP) is -2.56. The first-order valence-electron chi connectivity index (χ1n) is 8.40. The number of carboxylic acid groups (broad SMARTS) is 8. The van der Waals surface area contributed by atoms with Gasteiger partial charge in [0.05, 0.1) is 38.5 Å². The second kappa shape index (κ2) is 15.5. The van der Waals surface area contributed by atoms with E-state index < -0.39 is 84.6 Å². The Hall–Kier alpha value is -4.32. The van der Waals surface area contributed by atoms with Crippen LogP contribution in [0.1, 0.15) is 38.5 Å². The number of rotatable bonds is 13. The number of aliphatic carboxylic acids is 8. The summed E-state index contributed by atoms with van der Waals surface area (Å²) in [7, 11) is 0. The predicted molar refractivity (Wildman–Crippen MR) is 98.7 cm³/mol. The highest BCUT2D eigenvalue weighted by atomic mass is 16.4. The topological polar surface area (TPSA) is 339 Å². The van der Waals surface area contributed by atoms with Crippen LogP contribution in [0.2, 0.25) is 0 Å². The van der Waals surface area contributed by atoms with Crippen LogP contribution in [0.5, 0.6) is 0 Å². The summed E-state index contributed by atoms with van der Waals surface area (Å²) in [6, 6.07) is 0. The molecule has 18 heteroatoms. The van der Waals surface area contributed by atoms with Gasteiger partial charge in [-0.15, -0.1) is 0 Å². The molecule has 0 bridgehead atoms. The number of hydrogen-bond donors (Lipinski definition) is 10. The summed E-state index contributed by atoms with van der Waals surface area (Å²) in [4.78, 5) is 80.3. The maximum absolute atomic E-state index is 10.3. The maximum atomic E-state index is 10.3. The third-order valence-corrected chi connectivity index (χ3v) is 3.12. The Morgan fingerprint density at radius 1 is 0.382 bits per heavy atom. The van der Waals surface area contributed by atoms with Gasteiger partial charge in [0.1, 0.15) is 0 Å². The Labute approximate surface area is 187 Å². The molecule has 0 atom stereocenters. The Kier molecular flexibility index (Phi) is 15.6. The molecule has 194 valence electrons. The molecule has 0 radical (unpaired) electrons. The van der Waals surface area contributed by atoms with Crippen molar-refractivity contribution in [2.24, 2.45) is 0 Å². The minimum atomic E-state index is -2.74.